The predicted molar refractivity (Wildman–Crippen MR) is 75.6 cm³/mol. The highest BCUT2D eigenvalue weighted by Gasteiger charge is 2.04. The molecule has 1 N–H and O–H groups in total. The zero-order valence-electron chi connectivity index (χ0n) is 9.64. The van der Waals surface area contributed by atoms with Crippen LogP contribution in [0, 0.1) is 6.92 Å². The molecule has 0 amide bonds. The molecule has 0 spiro atoms. The molecular weight excluding hydrogens is 228 g/mol. The molecule has 0 saturated heterocycles. The SMILES string of the molecule is Cc1ccccc1-c1ccc([SiH](O)[SiH3])cc1. The minimum absolute atomic E-state index is 0.917. The number of hydrogen-bond donors (Lipinski definition) is 1. The molecule has 3 heteroatoms. The van der Waals surface area contributed by atoms with E-state index in [0.29, 0.717) is 0 Å². The predicted octanol–water partition coefficient (Wildman–Crippen LogP) is 0.447. The molecule has 82 valence electrons. The first-order valence-electron chi connectivity index (χ1n) is 5.52. The molecule has 0 aliphatic heterocycles. The van der Waals surface area contributed by atoms with Crippen LogP contribution in [-0.4, -0.2) is 23.1 Å². The van der Waals surface area contributed by atoms with E-state index in [1.54, 1.807) is 0 Å². The molecule has 0 heterocycles. The van der Waals surface area contributed by atoms with Gasteiger partial charge in [0, 0.05) is 9.76 Å². The van der Waals surface area contributed by atoms with Crippen molar-refractivity contribution in [2.75, 3.05) is 0 Å². The van der Waals surface area contributed by atoms with Crippen LogP contribution in [0.1, 0.15) is 5.56 Å². The first-order chi connectivity index (χ1) is 7.68. The smallest absolute Gasteiger partial charge is 0.179 e. The maximum atomic E-state index is 9.64. The van der Waals surface area contributed by atoms with Gasteiger partial charge in [-0.05, 0) is 28.8 Å². The summed E-state index contributed by atoms with van der Waals surface area (Å²) in [6.45, 7) is 2.12. The molecule has 1 atom stereocenters. The third kappa shape index (κ3) is 2.32. The highest BCUT2D eigenvalue weighted by Crippen LogP contribution is 2.21. The molecule has 0 radical (unpaired) electrons. The Kier molecular flexibility index (Phi) is 3.38. The van der Waals surface area contributed by atoms with Crippen molar-refractivity contribution in [3.8, 4) is 11.1 Å². The van der Waals surface area contributed by atoms with E-state index < -0.39 is 8.56 Å². The van der Waals surface area contributed by atoms with Crippen molar-refractivity contribution in [3.63, 3.8) is 0 Å². The Morgan fingerprint density at radius 3 is 2.19 bits per heavy atom. The topological polar surface area (TPSA) is 20.2 Å². The number of benzene rings is 2. The van der Waals surface area contributed by atoms with Gasteiger partial charge in [0.1, 0.15) is 0 Å². The minimum atomic E-state index is -1.52. The third-order valence-corrected chi connectivity index (χ3v) is 6.20. The van der Waals surface area contributed by atoms with Gasteiger partial charge in [0.05, 0.1) is 0 Å². The quantitative estimate of drug-likeness (QED) is 0.761. The van der Waals surface area contributed by atoms with Crippen molar-refractivity contribution in [1.29, 1.82) is 0 Å². The van der Waals surface area contributed by atoms with Crippen molar-refractivity contribution >= 4 is 23.5 Å². The first-order valence-corrected chi connectivity index (χ1v) is 11.2. The molecular formula is C13H16OSi2. The van der Waals surface area contributed by atoms with Crippen LogP contribution in [0.4, 0.5) is 0 Å². The van der Waals surface area contributed by atoms with Gasteiger partial charge in [-0.2, -0.15) is 0 Å². The Balaban J connectivity index is 2.39. The van der Waals surface area contributed by atoms with E-state index in [1.807, 2.05) is 0 Å². The van der Waals surface area contributed by atoms with Gasteiger partial charge in [0.2, 0.25) is 0 Å². The van der Waals surface area contributed by atoms with Crippen LogP contribution in [-0.2, 0) is 0 Å². The Bertz CT molecular complexity index is 478. The number of rotatable bonds is 2. The fraction of sp³-hybridized carbons (Fsp3) is 0.0769. The fourth-order valence-corrected chi connectivity index (χ4v) is 3.74. The highest BCUT2D eigenvalue weighted by molar-refractivity contribution is 7.06. The molecule has 2 aromatic rings. The van der Waals surface area contributed by atoms with E-state index in [4.69, 9.17) is 0 Å². The minimum Gasteiger partial charge on any atom is -0.434 e. The van der Waals surface area contributed by atoms with E-state index in [2.05, 4.69) is 55.5 Å². The molecule has 1 unspecified atom stereocenters. The van der Waals surface area contributed by atoms with Crippen LogP contribution >= 0.6 is 0 Å². The van der Waals surface area contributed by atoms with Gasteiger partial charge < -0.3 is 4.80 Å². The molecule has 0 aliphatic rings. The summed E-state index contributed by atoms with van der Waals surface area (Å²) in [5.41, 5.74) is 3.80. The molecule has 1 nitrogen and oxygen atoms in total. The Hall–Kier alpha value is -1.17. The number of aryl methyl sites for hydroxylation is 1. The second-order valence-electron chi connectivity index (χ2n) is 4.11. The summed E-state index contributed by atoms with van der Waals surface area (Å²) < 4.78 is 0. The van der Waals surface area contributed by atoms with Crippen molar-refractivity contribution in [2.45, 2.75) is 6.92 Å². The molecule has 0 aliphatic carbocycles. The van der Waals surface area contributed by atoms with Gasteiger partial charge >= 0.3 is 0 Å². The average Bonchev–Trinajstić information content (AvgIpc) is 2.30. The zero-order valence-corrected chi connectivity index (χ0v) is 12.8. The van der Waals surface area contributed by atoms with Crippen molar-refractivity contribution < 1.29 is 4.80 Å². The van der Waals surface area contributed by atoms with Crippen molar-refractivity contribution in [3.05, 3.63) is 54.1 Å². The maximum absolute atomic E-state index is 9.64. The molecule has 0 aromatic heterocycles. The van der Waals surface area contributed by atoms with Gasteiger partial charge in [-0.25, -0.2) is 0 Å². The standard InChI is InChI=1S/C13H16OSi2/c1-10-4-2-3-5-13(10)11-6-8-12(9-7-11)16(14)15/h2-9,14,16H,1,15H3. The van der Waals surface area contributed by atoms with E-state index in [-0.39, 0.29) is 0 Å². The summed E-state index contributed by atoms with van der Waals surface area (Å²) in [7, 11) is -0.599. The second-order valence-corrected chi connectivity index (χ2v) is 9.41. The first kappa shape index (κ1) is 11.3. The monoisotopic (exact) mass is 244 g/mol. The summed E-state index contributed by atoms with van der Waals surface area (Å²) in [4.78, 5) is 9.64. The summed E-state index contributed by atoms with van der Waals surface area (Å²) in [5, 5.41) is 1.16. The lowest BCUT2D eigenvalue weighted by atomic mass is 10.0. The van der Waals surface area contributed by atoms with Crippen LogP contribution in [0.15, 0.2) is 48.5 Å². The van der Waals surface area contributed by atoms with Crippen molar-refractivity contribution in [2.24, 2.45) is 0 Å². The average molecular weight is 244 g/mol. The van der Waals surface area contributed by atoms with E-state index in [1.165, 1.54) is 16.7 Å². The third-order valence-electron chi connectivity index (χ3n) is 2.85. The Morgan fingerprint density at radius 1 is 1.00 bits per heavy atom. The van der Waals surface area contributed by atoms with Crippen LogP contribution in [0.3, 0.4) is 0 Å². The van der Waals surface area contributed by atoms with Crippen LogP contribution in [0.5, 0.6) is 0 Å². The summed E-state index contributed by atoms with van der Waals surface area (Å²) in [6.07, 6.45) is 0. The van der Waals surface area contributed by atoms with Gasteiger partial charge in [-0.1, -0.05) is 48.5 Å². The number of hydrogen-bond acceptors (Lipinski definition) is 1. The molecule has 0 fully saturated rings. The van der Waals surface area contributed by atoms with E-state index in [9.17, 15) is 4.80 Å². The fourth-order valence-electron chi connectivity index (χ4n) is 1.84. The zero-order chi connectivity index (χ0) is 11.5. The molecule has 2 aromatic carbocycles. The summed E-state index contributed by atoms with van der Waals surface area (Å²) in [5.74, 6) is 0. The Morgan fingerprint density at radius 2 is 1.62 bits per heavy atom. The van der Waals surface area contributed by atoms with Gasteiger partial charge in [-0.3, -0.25) is 0 Å². The maximum Gasteiger partial charge on any atom is 0.179 e. The lowest BCUT2D eigenvalue weighted by molar-refractivity contribution is 0.607. The van der Waals surface area contributed by atoms with Crippen molar-refractivity contribution in [1.82, 2.24) is 0 Å². The normalized spacial score (nSPS) is 12.6. The van der Waals surface area contributed by atoms with Gasteiger partial charge in [0.15, 0.2) is 8.56 Å². The molecule has 2 rings (SSSR count). The highest BCUT2D eigenvalue weighted by atomic mass is 29.2. The summed E-state index contributed by atoms with van der Waals surface area (Å²) in [6, 6.07) is 16.8. The van der Waals surface area contributed by atoms with Gasteiger partial charge in [-0.15, -0.1) is 0 Å². The lowest BCUT2D eigenvalue weighted by Crippen LogP contribution is -2.30. The van der Waals surface area contributed by atoms with Crippen LogP contribution in [0.2, 0.25) is 0 Å². The van der Waals surface area contributed by atoms with E-state index >= 15 is 0 Å². The lowest BCUT2D eigenvalue weighted by Gasteiger charge is -2.07. The van der Waals surface area contributed by atoms with Gasteiger partial charge in [0.25, 0.3) is 0 Å². The second kappa shape index (κ2) is 4.78. The molecule has 16 heavy (non-hydrogen) atoms. The molecule has 0 saturated carbocycles. The van der Waals surface area contributed by atoms with Crippen LogP contribution in [0.25, 0.3) is 11.1 Å². The largest absolute Gasteiger partial charge is 0.434 e. The van der Waals surface area contributed by atoms with Crippen LogP contribution < -0.4 is 5.19 Å². The Labute approximate surface area is 101 Å². The summed E-state index contributed by atoms with van der Waals surface area (Å²) >= 11 is 0. The van der Waals surface area contributed by atoms with E-state index in [0.717, 1.165) is 14.9 Å². The molecule has 0 bridgehead atoms.